The average Bonchev–Trinajstić information content (AvgIpc) is 2.69. The molecule has 1 aliphatic carbocycles. The number of rotatable bonds is 3. The van der Waals surface area contributed by atoms with Crippen LogP contribution < -0.4 is 5.32 Å². The average molecular weight is 447 g/mol. The molecule has 0 saturated carbocycles. The van der Waals surface area contributed by atoms with Gasteiger partial charge < -0.3 is 5.32 Å². The van der Waals surface area contributed by atoms with Crippen molar-refractivity contribution >= 4 is 11.6 Å². The van der Waals surface area contributed by atoms with Crippen molar-refractivity contribution in [1.82, 2.24) is 0 Å². The molecule has 0 radical (unpaired) electrons. The number of carbonyl (C=O) groups excluding carboxylic acids is 1. The summed E-state index contributed by atoms with van der Waals surface area (Å²) in [6.07, 6.45) is -8.22. The summed E-state index contributed by atoms with van der Waals surface area (Å²) in [5.74, 6) is -7.41. The number of hydrogen-bond donors (Lipinski definition) is 1. The standard InChI is InChI=1S/C21H13F8NO/c22-17-3-1-2-14(18(17)23)19(31)30-13-7-4-11(5-8-13)15-10-12(20(24,25)26)6-9-16(15)21(27,28)29/h1-10,15-16H,(H,30,31). The molecule has 0 fully saturated rings. The third-order valence-electron chi connectivity index (χ3n) is 4.68. The Kier molecular flexibility index (Phi) is 5.93. The Morgan fingerprint density at radius 2 is 1.55 bits per heavy atom. The molecule has 0 spiro atoms. The van der Waals surface area contributed by atoms with Crippen LogP contribution in [0.1, 0.15) is 21.8 Å². The second-order valence-electron chi connectivity index (χ2n) is 6.75. The highest BCUT2D eigenvalue weighted by atomic mass is 19.4. The van der Waals surface area contributed by atoms with E-state index in [-0.39, 0.29) is 11.3 Å². The highest BCUT2D eigenvalue weighted by molar-refractivity contribution is 6.04. The third-order valence-corrected chi connectivity index (χ3v) is 4.68. The largest absolute Gasteiger partial charge is 0.416 e. The Bertz CT molecular complexity index is 1030. The van der Waals surface area contributed by atoms with Crippen LogP contribution in [0.25, 0.3) is 0 Å². The molecule has 10 heteroatoms. The number of alkyl halides is 6. The highest BCUT2D eigenvalue weighted by Gasteiger charge is 2.46. The smallest absolute Gasteiger partial charge is 0.322 e. The summed E-state index contributed by atoms with van der Waals surface area (Å²) in [4.78, 5) is 12.1. The van der Waals surface area contributed by atoms with Crippen LogP contribution in [0.3, 0.4) is 0 Å². The molecular formula is C21H13F8NO. The first-order valence-corrected chi connectivity index (χ1v) is 8.77. The summed E-state index contributed by atoms with van der Waals surface area (Å²) in [6.45, 7) is 0. The zero-order chi connectivity index (χ0) is 23.0. The van der Waals surface area contributed by atoms with E-state index >= 15 is 0 Å². The number of nitrogens with one attached hydrogen (secondary N) is 1. The lowest BCUT2D eigenvalue weighted by molar-refractivity contribution is -0.165. The molecule has 2 aromatic rings. The van der Waals surface area contributed by atoms with Gasteiger partial charge in [0.05, 0.1) is 17.1 Å². The summed E-state index contributed by atoms with van der Waals surface area (Å²) in [6, 6.07) is 7.56. The van der Waals surface area contributed by atoms with Crippen LogP contribution in [0.15, 0.2) is 66.3 Å². The van der Waals surface area contributed by atoms with Crippen molar-refractivity contribution in [2.45, 2.75) is 18.3 Å². The van der Waals surface area contributed by atoms with Crippen molar-refractivity contribution in [1.29, 1.82) is 0 Å². The molecule has 2 nitrogen and oxygen atoms in total. The molecule has 1 aliphatic rings. The number of carbonyl (C=O) groups is 1. The van der Waals surface area contributed by atoms with Crippen molar-refractivity contribution in [2.24, 2.45) is 5.92 Å². The van der Waals surface area contributed by atoms with Crippen LogP contribution >= 0.6 is 0 Å². The number of amides is 1. The van der Waals surface area contributed by atoms with E-state index in [1.807, 2.05) is 0 Å². The maximum Gasteiger partial charge on any atom is 0.416 e. The van der Waals surface area contributed by atoms with Crippen LogP contribution in [0, 0.1) is 17.6 Å². The predicted molar refractivity (Wildman–Crippen MR) is 96.3 cm³/mol. The summed E-state index contributed by atoms with van der Waals surface area (Å²) in [5, 5.41) is 2.25. The molecule has 31 heavy (non-hydrogen) atoms. The highest BCUT2D eigenvalue weighted by Crippen LogP contribution is 2.45. The number of benzene rings is 2. The van der Waals surface area contributed by atoms with E-state index in [4.69, 9.17) is 0 Å². The number of allylic oxidation sites excluding steroid dienone is 4. The first-order valence-electron chi connectivity index (χ1n) is 8.77. The maximum atomic E-state index is 13.7. The fourth-order valence-corrected chi connectivity index (χ4v) is 3.15. The number of hydrogen-bond acceptors (Lipinski definition) is 1. The van der Waals surface area contributed by atoms with Gasteiger partial charge in [-0.05, 0) is 29.8 Å². The quantitative estimate of drug-likeness (QED) is 0.532. The molecule has 3 rings (SSSR count). The van der Waals surface area contributed by atoms with Crippen molar-refractivity contribution in [3.05, 3.63) is 89.0 Å². The zero-order valence-corrected chi connectivity index (χ0v) is 15.4. The van der Waals surface area contributed by atoms with Crippen molar-refractivity contribution in [3.63, 3.8) is 0 Å². The van der Waals surface area contributed by atoms with E-state index in [9.17, 15) is 39.9 Å². The maximum absolute atomic E-state index is 13.7. The van der Waals surface area contributed by atoms with E-state index in [1.54, 1.807) is 0 Å². The molecule has 2 atom stereocenters. The fraction of sp³-hybridized carbons (Fsp3) is 0.190. The Hall–Kier alpha value is -3.17. The number of anilines is 1. The van der Waals surface area contributed by atoms with Gasteiger partial charge in [0.25, 0.3) is 5.91 Å². The second kappa shape index (κ2) is 8.16. The van der Waals surface area contributed by atoms with Gasteiger partial charge in [0.15, 0.2) is 11.6 Å². The molecule has 0 bridgehead atoms. The van der Waals surface area contributed by atoms with Crippen LogP contribution in [-0.2, 0) is 0 Å². The van der Waals surface area contributed by atoms with Gasteiger partial charge in [-0.2, -0.15) is 26.3 Å². The monoisotopic (exact) mass is 447 g/mol. The van der Waals surface area contributed by atoms with Crippen molar-refractivity contribution in [3.8, 4) is 0 Å². The van der Waals surface area contributed by atoms with E-state index in [2.05, 4.69) is 5.32 Å². The Balaban J connectivity index is 1.86. The zero-order valence-electron chi connectivity index (χ0n) is 15.4. The second-order valence-corrected chi connectivity index (χ2v) is 6.75. The lowest BCUT2D eigenvalue weighted by atomic mass is 9.80. The predicted octanol–water partition coefficient (Wildman–Crippen LogP) is 6.54. The van der Waals surface area contributed by atoms with Crippen LogP contribution in [0.4, 0.5) is 40.8 Å². The van der Waals surface area contributed by atoms with Gasteiger partial charge >= 0.3 is 12.4 Å². The van der Waals surface area contributed by atoms with E-state index < -0.39 is 52.9 Å². The minimum Gasteiger partial charge on any atom is -0.322 e. The van der Waals surface area contributed by atoms with Crippen molar-refractivity contribution < 1.29 is 39.9 Å². The summed E-state index contributed by atoms with van der Waals surface area (Å²) in [5.41, 5.74) is -1.82. The molecule has 2 unspecified atom stereocenters. The van der Waals surface area contributed by atoms with Gasteiger partial charge in [-0.3, -0.25) is 4.79 Å². The van der Waals surface area contributed by atoms with E-state index in [0.29, 0.717) is 18.2 Å². The topological polar surface area (TPSA) is 29.1 Å². The minimum absolute atomic E-state index is 0.0346. The van der Waals surface area contributed by atoms with E-state index in [0.717, 1.165) is 42.5 Å². The molecule has 0 saturated heterocycles. The third kappa shape index (κ3) is 4.95. The minimum atomic E-state index is -4.81. The first kappa shape index (κ1) is 22.5. The van der Waals surface area contributed by atoms with Gasteiger partial charge in [-0.25, -0.2) is 8.78 Å². The van der Waals surface area contributed by atoms with Gasteiger partial charge in [0.2, 0.25) is 0 Å². The molecule has 1 amide bonds. The molecule has 0 aromatic heterocycles. The fourth-order valence-electron chi connectivity index (χ4n) is 3.15. The Labute approximate surface area is 170 Å². The van der Waals surface area contributed by atoms with Gasteiger partial charge in [0, 0.05) is 11.6 Å². The summed E-state index contributed by atoms with van der Waals surface area (Å²) >= 11 is 0. The van der Waals surface area contributed by atoms with Crippen LogP contribution in [0.5, 0.6) is 0 Å². The van der Waals surface area contributed by atoms with Crippen LogP contribution in [0.2, 0.25) is 0 Å². The van der Waals surface area contributed by atoms with Gasteiger partial charge in [-0.15, -0.1) is 0 Å². The molecule has 1 N–H and O–H groups in total. The molecule has 2 aromatic carbocycles. The van der Waals surface area contributed by atoms with Crippen LogP contribution in [-0.4, -0.2) is 18.3 Å². The van der Waals surface area contributed by atoms with Crippen molar-refractivity contribution in [2.75, 3.05) is 5.32 Å². The van der Waals surface area contributed by atoms with Gasteiger partial charge in [0.1, 0.15) is 0 Å². The Morgan fingerprint density at radius 1 is 0.903 bits per heavy atom. The lowest BCUT2D eigenvalue weighted by Gasteiger charge is -2.29. The summed E-state index contributed by atoms with van der Waals surface area (Å²) in [7, 11) is 0. The Morgan fingerprint density at radius 3 is 2.13 bits per heavy atom. The molecule has 0 aliphatic heterocycles. The normalized spacial score (nSPS) is 19.2. The van der Waals surface area contributed by atoms with E-state index in [1.165, 1.54) is 0 Å². The number of halogens is 8. The molecule has 0 heterocycles. The van der Waals surface area contributed by atoms with Gasteiger partial charge in [-0.1, -0.05) is 36.4 Å². The molecule has 164 valence electrons. The first-order chi connectivity index (χ1) is 14.4. The molecular weight excluding hydrogens is 434 g/mol. The lowest BCUT2D eigenvalue weighted by Crippen LogP contribution is -2.29. The summed E-state index contributed by atoms with van der Waals surface area (Å²) < 4.78 is 106. The SMILES string of the molecule is O=C(Nc1ccc(C2C=C(C(F)(F)F)C=CC2C(F)(F)F)cc1)c1cccc(F)c1F.